The van der Waals surface area contributed by atoms with Crippen LogP contribution >= 0.6 is 0 Å². The van der Waals surface area contributed by atoms with Gasteiger partial charge in [0.15, 0.2) is 5.79 Å². The van der Waals surface area contributed by atoms with Crippen molar-refractivity contribution in [2.24, 2.45) is 17.8 Å². The van der Waals surface area contributed by atoms with E-state index in [0.29, 0.717) is 19.1 Å². The van der Waals surface area contributed by atoms with Crippen LogP contribution in [0.15, 0.2) is 23.9 Å². The fourth-order valence-electron chi connectivity index (χ4n) is 3.69. The minimum absolute atomic E-state index is 0.134. The van der Waals surface area contributed by atoms with E-state index in [0.717, 1.165) is 18.5 Å². The van der Waals surface area contributed by atoms with Gasteiger partial charge in [0.2, 0.25) is 0 Å². The van der Waals surface area contributed by atoms with Crippen molar-refractivity contribution in [3.63, 3.8) is 0 Å². The van der Waals surface area contributed by atoms with Crippen molar-refractivity contribution in [1.29, 1.82) is 0 Å². The second-order valence-electron chi connectivity index (χ2n) is 6.24. The van der Waals surface area contributed by atoms with Gasteiger partial charge in [-0.1, -0.05) is 12.2 Å². The van der Waals surface area contributed by atoms with Crippen LogP contribution in [0.2, 0.25) is 0 Å². The summed E-state index contributed by atoms with van der Waals surface area (Å²) in [5, 5.41) is 0. The molecule has 0 radical (unpaired) electrons. The van der Waals surface area contributed by atoms with Gasteiger partial charge in [-0.2, -0.15) is 0 Å². The first-order chi connectivity index (χ1) is 10.0. The van der Waals surface area contributed by atoms with Gasteiger partial charge in [0.1, 0.15) is 0 Å². The highest BCUT2D eigenvalue weighted by Crippen LogP contribution is 2.42. The topological polar surface area (TPSA) is 48.0 Å². The lowest BCUT2D eigenvalue weighted by molar-refractivity contribution is -0.175. The van der Waals surface area contributed by atoms with E-state index in [2.05, 4.69) is 17.1 Å². The molecule has 21 heavy (non-hydrogen) atoms. The first kappa shape index (κ1) is 14.6. The van der Waals surface area contributed by atoms with Crippen molar-refractivity contribution in [3.05, 3.63) is 23.9 Å². The average molecular weight is 293 g/mol. The SMILES string of the molecule is COC(=O)C1=CN(C)C[C@H]2C[C@H](C3(C)OCCO3)C=C[C@@H]12. The molecule has 0 spiro atoms. The molecule has 0 aromatic heterocycles. The standard InChI is InChI=1S/C16H23NO4/c1-16(20-6-7-21-16)12-4-5-13-11(8-12)9-17(2)10-14(13)15(18)19-3/h4-5,10-13H,6-9H2,1-3H3/t11-,12-,13-/m1/s1. The lowest BCUT2D eigenvalue weighted by atomic mass is 9.72. The minimum Gasteiger partial charge on any atom is -0.466 e. The van der Waals surface area contributed by atoms with E-state index in [-0.39, 0.29) is 17.8 Å². The highest BCUT2D eigenvalue weighted by atomic mass is 16.7. The first-order valence-electron chi connectivity index (χ1n) is 7.50. The van der Waals surface area contributed by atoms with Gasteiger partial charge in [0, 0.05) is 31.6 Å². The highest BCUT2D eigenvalue weighted by molar-refractivity contribution is 5.89. The van der Waals surface area contributed by atoms with Crippen LogP contribution in [-0.4, -0.2) is 50.6 Å². The van der Waals surface area contributed by atoms with Crippen LogP contribution in [-0.2, 0) is 19.0 Å². The number of hydrogen-bond donors (Lipinski definition) is 0. The van der Waals surface area contributed by atoms with E-state index in [1.807, 2.05) is 20.2 Å². The molecule has 1 fully saturated rings. The number of esters is 1. The summed E-state index contributed by atoms with van der Waals surface area (Å²) in [6.07, 6.45) is 7.14. The van der Waals surface area contributed by atoms with E-state index < -0.39 is 5.79 Å². The number of nitrogens with zero attached hydrogens (tertiary/aromatic N) is 1. The molecule has 2 aliphatic heterocycles. The zero-order valence-corrected chi connectivity index (χ0v) is 12.9. The third-order valence-corrected chi connectivity index (χ3v) is 4.81. The van der Waals surface area contributed by atoms with Crippen molar-refractivity contribution in [2.45, 2.75) is 19.1 Å². The molecule has 0 saturated carbocycles. The normalized spacial score (nSPS) is 34.3. The van der Waals surface area contributed by atoms with Gasteiger partial charge in [-0.3, -0.25) is 0 Å². The average Bonchev–Trinajstić information content (AvgIpc) is 2.93. The van der Waals surface area contributed by atoms with E-state index in [1.54, 1.807) is 0 Å². The Kier molecular flexibility index (Phi) is 3.80. The van der Waals surface area contributed by atoms with E-state index >= 15 is 0 Å². The summed E-state index contributed by atoms with van der Waals surface area (Å²) in [5.41, 5.74) is 0.740. The summed E-state index contributed by atoms with van der Waals surface area (Å²) in [5.74, 6) is -0.0124. The summed E-state index contributed by atoms with van der Waals surface area (Å²) >= 11 is 0. The van der Waals surface area contributed by atoms with Gasteiger partial charge >= 0.3 is 5.97 Å². The van der Waals surface area contributed by atoms with Gasteiger partial charge in [-0.05, 0) is 19.3 Å². The van der Waals surface area contributed by atoms with Crippen LogP contribution in [0.4, 0.5) is 0 Å². The Balaban J connectivity index is 1.83. The molecule has 5 heteroatoms. The molecule has 0 aromatic rings. The third-order valence-electron chi connectivity index (χ3n) is 4.81. The molecule has 3 aliphatic rings. The summed E-state index contributed by atoms with van der Waals surface area (Å²) in [7, 11) is 3.43. The third kappa shape index (κ3) is 2.60. The van der Waals surface area contributed by atoms with Crippen LogP contribution in [0.5, 0.6) is 0 Å². The predicted molar refractivity (Wildman–Crippen MR) is 77.3 cm³/mol. The molecule has 3 atom stereocenters. The largest absolute Gasteiger partial charge is 0.466 e. The zero-order valence-electron chi connectivity index (χ0n) is 12.9. The molecule has 3 rings (SSSR count). The molecule has 116 valence electrons. The Morgan fingerprint density at radius 1 is 1.38 bits per heavy atom. The Bertz CT molecular complexity index is 479. The fourth-order valence-corrected chi connectivity index (χ4v) is 3.69. The molecule has 0 N–H and O–H groups in total. The number of rotatable bonds is 2. The van der Waals surface area contributed by atoms with Gasteiger partial charge in [0.25, 0.3) is 0 Å². The summed E-state index contributed by atoms with van der Waals surface area (Å²) < 4.78 is 16.5. The Hall–Kier alpha value is -1.33. The molecule has 1 saturated heterocycles. The van der Waals surface area contributed by atoms with Crippen molar-refractivity contribution < 1.29 is 19.0 Å². The second-order valence-corrected chi connectivity index (χ2v) is 6.24. The van der Waals surface area contributed by atoms with Crippen LogP contribution < -0.4 is 0 Å². The van der Waals surface area contributed by atoms with Crippen molar-refractivity contribution in [1.82, 2.24) is 4.90 Å². The first-order valence-corrected chi connectivity index (χ1v) is 7.50. The Morgan fingerprint density at radius 3 is 2.76 bits per heavy atom. The van der Waals surface area contributed by atoms with Gasteiger partial charge in [-0.25, -0.2) is 4.79 Å². The molecule has 1 aliphatic carbocycles. The lowest BCUT2D eigenvalue weighted by Gasteiger charge is -2.42. The van der Waals surface area contributed by atoms with Crippen LogP contribution in [0.1, 0.15) is 13.3 Å². The van der Waals surface area contributed by atoms with Crippen LogP contribution in [0, 0.1) is 17.8 Å². The maximum absolute atomic E-state index is 12.0. The smallest absolute Gasteiger partial charge is 0.335 e. The van der Waals surface area contributed by atoms with Gasteiger partial charge in [-0.15, -0.1) is 0 Å². The number of hydrogen-bond acceptors (Lipinski definition) is 5. The van der Waals surface area contributed by atoms with Crippen molar-refractivity contribution in [2.75, 3.05) is 33.9 Å². The summed E-state index contributed by atoms with van der Waals surface area (Å²) in [6, 6.07) is 0. The monoisotopic (exact) mass is 293 g/mol. The minimum atomic E-state index is -0.521. The molecule has 0 amide bonds. The van der Waals surface area contributed by atoms with Gasteiger partial charge < -0.3 is 19.1 Å². The zero-order chi connectivity index (χ0) is 15.0. The number of carbonyl (C=O) groups excluding carboxylic acids is 1. The van der Waals surface area contributed by atoms with Gasteiger partial charge in [0.05, 0.1) is 25.9 Å². The van der Waals surface area contributed by atoms with Crippen LogP contribution in [0.25, 0.3) is 0 Å². The molecule has 5 nitrogen and oxygen atoms in total. The van der Waals surface area contributed by atoms with Crippen molar-refractivity contribution in [3.8, 4) is 0 Å². The summed E-state index contributed by atoms with van der Waals surface area (Å²) in [4.78, 5) is 14.0. The van der Waals surface area contributed by atoms with Crippen LogP contribution in [0.3, 0.4) is 0 Å². The number of carbonyl (C=O) groups is 1. The number of methoxy groups -OCH3 is 1. The fraction of sp³-hybridized carbons (Fsp3) is 0.688. The Morgan fingerprint density at radius 2 is 2.10 bits per heavy atom. The molecular formula is C16H23NO4. The molecule has 0 aromatic carbocycles. The molecule has 0 unspecified atom stereocenters. The highest BCUT2D eigenvalue weighted by Gasteiger charge is 2.44. The van der Waals surface area contributed by atoms with E-state index in [9.17, 15) is 4.79 Å². The molecule has 2 heterocycles. The lowest BCUT2D eigenvalue weighted by Crippen LogP contribution is -2.43. The summed E-state index contributed by atoms with van der Waals surface area (Å²) in [6.45, 7) is 4.26. The Labute approximate surface area is 125 Å². The second kappa shape index (κ2) is 5.46. The van der Waals surface area contributed by atoms with E-state index in [4.69, 9.17) is 14.2 Å². The molecular weight excluding hydrogens is 270 g/mol. The number of allylic oxidation sites excluding steroid dienone is 1. The predicted octanol–water partition coefficient (Wildman–Crippen LogP) is 1.56. The maximum atomic E-state index is 12.0. The molecule has 0 bridgehead atoms. The quantitative estimate of drug-likeness (QED) is 0.571. The van der Waals surface area contributed by atoms with Crippen molar-refractivity contribution >= 4 is 5.97 Å². The maximum Gasteiger partial charge on any atom is 0.335 e. The van der Waals surface area contributed by atoms with E-state index in [1.165, 1.54) is 7.11 Å². The number of ether oxygens (including phenoxy) is 3. The number of fused-ring (bicyclic) bond motifs is 1.